The predicted octanol–water partition coefficient (Wildman–Crippen LogP) is 2.03. The molecule has 0 saturated carbocycles. The number of aromatic nitrogens is 3. The first-order valence-corrected chi connectivity index (χ1v) is 7.80. The third-order valence-electron chi connectivity index (χ3n) is 4.23. The number of hydrogen-bond acceptors (Lipinski definition) is 3. The van der Waals surface area contributed by atoms with E-state index in [1.54, 1.807) is 6.92 Å². The van der Waals surface area contributed by atoms with Gasteiger partial charge in [0.05, 0.1) is 11.2 Å². The van der Waals surface area contributed by atoms with Crippen LogP contribution in [0.2, 0.25) is 0 Å². The molecule has 0 aliphatic heterocycles. The fourth-order valence-electron chi connectivity index (χ4n) is 2.92. The highest BCUT2D eigenvalue weighted by molar-refractivity contribution is 5.81. The Morgan fingerprint density at radius 3 is 2.26 bits per heavy atom. The first-order chi connectivity index (χ1) is 12.6. The van der Waals surface area contributed by atoms with E-state index in [0.29, 0.717) is 9.95 Å². The van der Waals surface area contributed by atoms with E-state index < -0.39 is 34.6 Å². The van der Waals surface area contributed by atoms with E-state index >= 15 is 0 Å². The van der Waals surface area contributed by atoms with Gasteiger partial charge in [-0.2, -0.15) is 13.2 Å². The van der Waals surface area contributed by atoms with Gasteiger partial charge in [-0.15, -0.1) is 0 Å². The molecule has 3 aromatic rings. The largest absolute Gasteiger partial charge is 0.431 e. The molecule has 0 unspecified atom stereocenters. The summed E-state index contributed by atoms with van der Waals surface area (Å²) in [5, 5.41) is 0.342. The maximum absolute atomic E-state index is 14.6. The summed E-state index contributed by atoms with van der Waals surface area (Å²) in [6.45, 7) is 1.91. The minimum atomic E-state index is -4.92. The SMILES string of the molecule is CCn1c(=O)ccc2cc(F)c(-n3c(=O)cc(C(F)(F)F)n(C)c3=O)cc21. The molecular weight excluding hydrogens is 370 g/mol. The van der Waals surface area contributed by atoms with E-state index in [1.165, 1.54) is 16.7 Å². The van der Waals surface area contributed by atoms with Crippen molar-refractivity contribution >= 4 is 10.9 Å². The number of halogens is 4. The molecule has 0 bridgehead atoms. The van der Waals surface area contributed by atoms with Crippen molar-refractivity contribution in [1.82, 2.24) is 13.7 Å². The standard InChI is InChI=1S/C17H13F4N3O3/c1-3-23-11-7-12(10(18)6-9(11)4-5-14(23)25)24-15(26)8-13(17(19,20)21)22(2)16(24)27/h4-8H,3H2,1-2H3. The van der Waals surface area contributed by atoms with Gasteiger partial charge in [0.2, 0.25) is 0 Å². The highest BCUT2D eigenvalue weighted by Gasteiger charge is 2.35. The van der Waals surface area contributed by atoms with E-state index in [-0.39, 0.29) is 28.3 Å². The van der Waals surface area contributed by atoms with Crippen LogP contribution in [-0.4, -0.2) is 13.7 Å². The molecule has 0 aliphatic rings. The second-order valence-electron chi connectivity index (χ2n) is 5.82. The summed E-state index contributed by atoms with van der Waals surface area (Å²) in [6, 6.07) is 4.97. The van der Waals surface area contributed by atoms with Crippen LogP contribution in [0.3, 0.4) is 0 Å². The lowest BCUT2D eigenvalue weighted by molar-refractivity contribution is -0.144. The van der Waals surface area contributed by atoms with Gasteiger partial charge in [0.1, 0.15) is 11.5 Å². The number of benzene rings is 1. The molecule has 0 aliphatic carbocycles. The van der Waals surface area contributed by atoms with Crippen molar-refractivity contribution in [2.75, 3.05) is 0 Å². The third-order valence-corrected chi connectivity index (χ3v) is 4.23. The Hall–Kier alpha value is -3.17. The van der Waals surface area contributed by atoms with Crippen molar-refractivity contribution < 1.29 is 17.6 Å². The fourth-order valence-corrected chi connectivity index (χ4v) is 2.92. The Morgan fingerprint density at radius 2 is 1.67 bits per heavy atom. The second kappa shape index (κ2) is 6.22. The van der Waals surface area contributed by atoms with Gasteiger partial charge in [0.15, 0.2) is 0 Å². The van der Waals surface area contributed by atoms with Crippen LogP contribution in [0.5, 0.6) is 0 Å². The molecule has 10 heteroatoms. The highest BCUT2D eigenvalue weighted by Crippen LogP contribution is 2.27. The number of fused-ring (bicyclic) bond motifs is 1. The summed E-state index contributed by atoms with van der Waals surface area (Å²) in [4.78, 5) is 36.5. The van der Waals surface area contributed by atoms with E-state index in [0.717, 1.165) is 19.2 Å². The normalized spacial score (nSPS) is 11.9. The Balaban J connectivity index is 2.42. The molecule has 0 saturated heterocycles. The van der Waals surface area contributed by atoms with Crippen LogP contribution in [-0.2, 0) is 19.8 Å². The molecule has 2 aromatic heterocycles. The molecular formula is C17H13F4N3O3. The molecule has 3 rings (SSSR count). The first-order valence-electron chi connectivity index (χ1n) is 7.80. The van der Waals surface area contributed by atoms with E-state index in [1.807, 2.05) is 0 Å². The van der Waals surface area contributed by atoms with Gasteiger partial charge in [-0.3, -0.25) is 14.2 Å². The quantitative estimate of drug-likeness (QED) is 0.636. The van der Waals surface area contributed by atoms with Gasteiger partial charge in [-0.05, 0) is 25.1 Å². The topological polar surface area (TPSA) is 66.0 Å². The van der Waals surface area contributed by atoms with Crippen molar-refractivity contribution in [2.24, 2.45) is 7.05 Å². The van der Waals surface area contributed by atoms with Crippen LogP contribution in [0.1, 0.15) is 12.6 Å². The molecule has 0 radical (unpaired) electrons. The zero-order valence-electron chi connectivity index (χ0n) is 14.2. The minimum absolute atomic E-state index is 0.225. The number of hydrogen-bond donors (Lipinski definition) is 0. The smallest absolute Gasteiger partial charge is 0.308 e. The Kier molecular flexibility index (Phi) is 4.29. The van der Waals surface area contributed by atoms with Crippen LogP contribution in [0, 0.1) is 5.82 Å². The Labute approximate surface area is 148 Å². The summed E-state index contributed by atoms with van der Waals surface area (Å²) >= 11 is 0. The van der Waals surface area contributed by atoms with Crippen LogP contribution in [0.4, 0.5) is 17.6 Å². The molecule has 0 N–H and O–H groups in total. The van der Waals surface area contributed by atoms with E-state index in [9.17, 15) is 31.9 Å². The van der Waals surface area contributed by atoms with Gasteiger partial charge < -0.3 is 4.57 Å². The molecule has 0 fully saturated rings. The molecule has 1 aromatic carbocycles. The van der Waals surface area contributed by atoms with E-state index in [4.69, 9.17) is 0 Å². The summed E-state index contributed by atoms with van der Waals surface area (Å²) in [5.74, 6) is -0.984. The van der Waals surface area contributed by atoms with Crippen LogP contribution < -0.4 is 16.8 Å². The lowest BCUT2D eigenvalue weighted by Crippen LogP contribution is -2.41. The van der Waals surface area contributed by atoms with Gasteiger partial charge >= 0.3 is 11.9 Å². The van der Waals surface area contributed by atoms with E-state index in [2.05, 4.69) is 0 Å². The zero-order chi connectivity index (χ0) is 20.1. The minimum Gasteiger partial charge on any atom is -0.308 e. The summed E-state index contributed by atoms with van der Waals surface area (Å²) < 4.78 is 55.2. The number of pyridine rings is 1. The van der Waals surface area contributed by atoms with Gasteiger partial charge in [0.25, 0.3) is 11.1 Å². The maximum atomic E-state index is 14.6. The number of aryl methyl sites for hydroxylation is 1. The van der Waals surface area contributed by atoms with Gasteiger partial charge in [-0.1, -0.05) is 0 Å². The van der Waals surface area contributed by atoms with Crippen LogP contribution in [0.15, 0.2) is 44.7 Å². The molecule has 2 heterocycles. The molecule has 27 heavy (non-hydrogen) atoms. The number of rotatable bonds is 2. The molecule has 142 valence electrons. The number of alkyl halides is 3. The fraction of sp³-hybridized carbons (Fsp3) is 0.235. The first kappa shape index (κ1) is 18.6. The number of nitrogens with zero attached hydrogens (tertiary/aromatic N) is 3. The second-order valence-corrected chi connectivity index (χ2v) is 5.82. The lowest BCUT2D eigenvalue weighted by Gasteiger charge is -2.15. The van der Waals surface area contributed by atoms with Gasteiger partial charge in [0, 0.05) is 31.1 Å². The molecule has 0 amide bonds. The highest BCUT2D eigenvalue weighted by atomic mass is 19.4. The molecule has 0 spiro atoms. The van der Waals surface area contributed by atoms with Crippen molar-refractivity contribution in [1.29, 1.82) is 0 Å². The van der Waals surface area contributed by atoms with Crippen molar-refractivity contribution in [3.63, 3.8) is 0 Å². The van der Waals surface area contributed by atoms with Crippen molar-refractivity contribution in [3.8, 4) is 5.69 Å². The van der Waals surface area contributed by atoms with Gasteiger partial charge in [-0.25, -0.2) is 13.8 Å². The molecule has 0 atom stereocenters. The summed E-state index contributed by atoms with van der Waals surface area (Å²) in [6.07, 6.45) is -4.92. The van der Waals surface area contributed by atoms with Crippen LogP contribution in [0.25, 0.3) is 16.6 Å². The summed E-state index contributed by atoms with van der Waals surface area (Å²) in [5.41, 5.74) is -4.79. The predicted molar refractivity (Wildman–Crippen MR) is 89.7 cm³/mol. The lowest BCUT2D eigenvalue weighted by atomic mass is 10.1. The van der Waals surface area contributed by atoms with Crippen molar-refractivity contribution in [3.05, 3.63) is 73.0 Å². The average Bonchev–Trinajstić information content (AvgIpc) is 2.58. The van der Waals surface area contributed by atoms with Crippen molar-refractivity contribution in [2.45, 2.75) is 19.6 Å². The molecule has 6 nitrogen and oxygen atoms in total. The third kappa shape index (κ3) is 2.96. The summed E-state index contributed by atoms with van der Waals surface area (Å²) in [7, 11) is 0.835. The average molecular weight is 383 g/mol. The maximum Gasteiger partial charge on any atom is 0.431 e. The monoisotopic (exact) mass is 383 g/mol. The Morgan fingerprint density at radius 1 is 1.00 bits per heavy atom. The zero-order valence-corrected chi connectivity index (χ0v) is 14.2. The van der Waals surface area contributed by atoms with Crippen LogP contribution >= 0.6 is 0 Å². The Bertz CT molecular complexity index is 1240.